The van der Waals surface area contributed by atoms with Gasteiger partial charge in [-0.15, -0.1) is 0 Å². The third kappa shape index (κ3) is 1.28. The Hall–Kier alpha value is -0.410. The Morgan fingerprint density at radius 2 is 2.38 bits per heavy atom. The van der Waals surface area contributed by atoms with Gasteiger partial charge < -0.3 is 0 Å². The van der Waals surface area contributed by atoms with Gasteiger partial charge in [0.2, 0.25) is 0 Å². The largest absolute Gasteiger partial charge is 0.297 e. The van der Waals surface area contributed by atoms with Gasteiger partial charge in [-0.05, 0) is 12.8 Å². The molecule has 1 saturated carbocycles. The summed E-state index contributed by atoms with van der Waals surface area (Å²) in [7, 11) is 0. The average molecular weight is 116 g/mol. The number of carbonyl (C=O) groups excluding carboxylic acids is 1. The SMILES string of the molecule is O=C(COO)C1CC1. The zero-order valence-corrected chi connectivity index (χ0v) is 4.46. The van der Waals surface area contributed by atoms with E-state index < -0.39 is 0 Å². The number of hydrogen-bond donors (Lipinski definition) is 1. The maximum absolute atomic E-state index is 10.5. The summed E-state index contributed by atoms with van der Waals surface area (Å²) in [5, 5.41) is 7.79. The van der Waals surface area contributed by atoms with Gasteiger partial charge in [0, 0.05) is 5.92 Å². The highest BCUT2D eigenvalue weighted by atomic mass is 17.1. The van der Waals surface area contributed by atoms with Crippen molar-refractivity contribution in [3.8, 4) is 0 Å². The molecule has 1 N–H and O–H groups in total. The van der Waals surface area contributed by atoms with Crippen molar-refractivity contribution in [1.29, 1.82) is 0 Å². The molecule has 1 aliphatic rings. The van der Waals surface area contributed by atoms with E-state index in [0.717, 1.165) is 12.8 Å². The van der Waals surface area contributed by atoms with Crippen molar-refractivity contribution in [2.45, 2.75) is 12.8 Å². The van der Waals surface area contributed by atoms with E-state index in [9.17, 15) is 4.79 Å². The molecule has 3 heteroatoms. The van der Waals surface area contributed by atoms with Crippen molar-refractivity contribution in [2.24, 2.45) is 5.92 Å². The van der Waals surface area contributed by atoms with Crippen LogP contribution in [0.4, 0.5) is 0 Å². The van der Waals surface area contributed by atoms with E-state index in [0.29, 0.717) is 0 Å². The highest BCUT2D eigenvalue weighted by molar-refractivity contribution is 5.84. The summed E-state index contributed by atoms with van der Waals surface area (Å²) >= 11 is 0. The summed E-state index contributed by atoms with van der Waals surface area (Å²) in [5.74, 6) is 0.217. The Morgan fingerprint density at radius 1 is 1.75 bits per heavy atom. The van der Waals surface area contributed by atoms with Gasteiger partial charge in [0.1, 0.15) is 6.61 Å². The second-order valence-corrected chi connectivity index (χ2v) is 2.01. The van der Waals surface area contributed by atoms with Gasteiger partial charge in [0.05, 0.1) is 0 Å². The van der Waals surface area contributed by atoms with Gasteiger partial charge in [-0.3, -0.25) is 10.1 Å². The van der Waals surface area contributed by atoms with Crippen molar-refractivity contribution >= 4 is 5.78 Å². The number of carbonyl (C=O) groups is 1. The molecule has 0 spiro atoms. The minimum atomic E-state index is -0.134. The molecule has 8 heavy (non-hydrogen) atoms. The maximum atomic E-state index is 10.5. The highest BCUT2D eigenvalue weighted by Gasteiger charge is 2.29. The molecule has 0 bridgehead atoms. The first-order valence-electron chi connectivity index (χ1n) is 2.63. The number of rotatable bonds is 3. The summed E-state index contributed by atoms with van der Waals surface area (Å²) in [6.07, 6.45) is 1.95. The second kappa shape index (κ2) is 2.24. The van der Waals surface area contributed by atoms with Crippen LogP contribution in [-0.4, -0.2) is 17.6 Å². The van der Waals surface area contributed by atoms with Gasteiger partial charge in [-0.2, -0.15) is 0 Å². The van der Waals surface area contributed by atoms with Crippen molar-refractivity contribution in [2.75, 3.05) is 6.61 Å². The summed E-state index contributed by atoms with van der Waals surface area (Å²) in [6.45, 7) is -0.134. The van der Waals surface area contributed by atoms with Gasteiger partial charge in [-0.25, -0.2) is 4.89 Å². The lowest BCUT2D eigenvalue weighted by Gasteiger charge is -1.89. The van der Waals surface area contributed by atoms with Crippen molar-refractivity contribution in [3.63, 3.8) is 0 Å². The Kier molecular flexibility index (Phi) is 1.60. The lowest BCUT2D eigenvalue weighted by Crippen LogP contribution is -2.07. The molecule has 0 radical (unpaired) electrons. The zero-order valence-electron chi connectivity index (χ0n) is 4.46. The average Bonchev–Trinajstić information content (AvgIpc) is 2.45. The molecule has 0 unspecified atom stereocenters. The van der Waals surface area contributed by atoms with Crippen LogP contribution in [0.25, 0.3) is 0 Å². The molecule has 0 aliphatic heterocycles. The zero-order chi connectivity index (χ0) is 5.98. The lowest BCUT2D eigenvalue weighted by molar-refractivity contribution is -0.238. The third-order valence-corrected chi connectivity index (χ3v) is 1.24. The molecule has 0 amide bonds. The van der Waals surface area contributed by atoms with Gasteiger partial charge >= 0.3 is 0 Å². The monoisotopic (exact) mass is 116 g/mol. The van der Waals surface area contributed by atoms with Crippen LogP contribution in [0.15, 0.2) is 0 Å². The normalized spacial score (nSPS) is 18.6. The molecule has 1 aliphatic carbocycles. The first kappa shape index (κ1) is 5.72. The van der Waals surface area contributed by atoms with Crippen molar-refractivity contribution in [1.82, 2.24) is 0 Å². The van der Waals surface area contributed by atoms with E-state index in [4.69, 9.17) is 5.26 Å². The molecule has 0 heterocycles. The third-order valence-electron chi connectivity index (χ3n) is 1.24. The predicted molar refractivity (Wildman–Crippen MR) is 26.3 cm³/mol. The van der Waals surface area contributed by atoms with Crippen LogP contribution in [0.2, 0.25) is 0 Å². The first-order valence-corrected chi connectivity index (χ1v) is 2.63. The standard InChI is InChI=1S/C5H8O3/c6-5(3-8-7)4-1-2-4/h4,7H,1-3H2. The maximum Gasteiger partial charge on any atom is 0.164 e. The molecule has 1 rings (SSSR count). The van der Waals surface area contributed by atoms with E-state index in [1.165, 1.54) is 0 Å². The fourth-order valence-electron chi connectivity index (χ4n) is 0.587. The molecule has 46 valence electrons. The quantitative estimate of drug-likeness (QED) is 0.430. The van der Waals surface area contributed by atoms with Crippen LogP contribution in [0.3, 0.4) is 0 Å². The van der Waals surface area contributed by atoms with E-state index in [1.807, 2.05) is 0 Å². The highest BCUT2D eigenvalue weighted by Crippen LogP contribution is 2.29. The summed E-state index contributed by atoms with van der Waals surface area (Å²) in [6, 6.07) is 0. The van der Waals surface area contributed by atoms with Gasteiger partial charge in [0.15, 0.2) is 5.78 Å². The topological polar surface area (TPSA) is 46.5 Å². The second-order valence-electron chi connectivity index (χ2n) is 2.01. The summed E-state index contributed by atoms with van der Waals surface area (Å²) in [4.78, 5) is 14.2. The molecule has 0 aromatic carbocycles. The molecule has 0 atom stereocenters. The van der Waals surface area contributed by atoms with Crippen LogP contribution in [0.5, 0.6) is 0 Å². The fraction of sp³-hybridized carbons (Fsp3) is 0.800. The Bertz CT molecular complexity index is 95.8. The minimum absolute atomic E-state index is 0.0208. The van der Waals surface area contributed by atoms with Crippen LogP contribution < -0.4 is 0 Å². The van der Waals surface area contributed by atoms with Crippen LogP contribution in [-0.2, 0) is 9.68 Å². The van der Waals surface area contributed by atoms with Gasteiger partial charge in [0.25, 0.3) is 0 Å². The molecule has 0 saturated heterocycles. The smallest absolute Gasteiger partial charge is 0.164 e. The molecular formula is C5H8O3. The lowest BCUT2D eigenvalue weighted by atomic mass is 10.3. The predicted octanol–water partition coefficient (Wildman–Crippen LogP) is 0.455. The molecule has 0 aromatic heterocycles. The van der Waals surface area contributed by atoms with Crippen molar-refractivity contribution in [3.05, 3.63) is 0 Å². The molecule has 1 fully saturated rings. The van der Waals surface area contributed by atoms with Gasteiger partial charge in [-0.1, -0.05) is 0 Å². The molecule has 3 nitrogen and oxygen atoms in total. The summed E-state index contributed by atoms with van der Waals surface area (Å²) < 4.78 is 0. The van der Waals surface area contributed by atoms with E-state index in [-0.39, 0.29) is 18.3 Å². The Labute approximate surface area is 47.2 Å². The van der Waals surface area contributed by atoms with E-state index in [1.54, 1.807) is 0 Å². The van der Waals surface area contributed by atoms with Crippen LogP contribution in [0.1, 0.15) is 12.8 Å². The number of Topliss-reactive ketones (excluding diaryl/α,β-unsaturated/α-hetero) is 1. The summed E-state index contributed by atoms with van der Waals surface area (Å²) in [5.41, 5.74) is 0. The first-order chi connectivity index (χ1) is 3.84. The number of ketones is 1. The molecule has 0 aromatic rings. The number of hydrogen-bond acceptors (Lipinski definition) is 3. The van der Waals surface area contributed by atoms with Crippen LogP contribution >= 0.6 is 0 Å². The Morgan fingerprint density at radius 3 is 2.75 bits per heavy atom. The van der Waals surface area contributed by atoms with Crippen LogP contribution in [0, 0.1) is 5.92 Å². The van der Waals surface area contributed by atoms with Crippen molar-refractivity contribution < 1.29 is 14.9 Å². The fourth-order valence-corrected chi connectivity index (χ4v) is 0.587. The van der Waals surface area contributed by atoms with E-state index >= 15 is 0 Å². The Balaban J connectivity index is 2.13. The molecular weight excluding hydrogens is 108 g/mol. The minimum Gasteiger partial charge on any atom is -0.297 e. The van der Waals surface area contributed by atoms with E-state index in [2.05, 4.69) is 4.89 Å².